The summed E-state index contributed by atoms with van der Waals surface area (Å²) in [4.78, 5) is 18.7. The van der Waals surface area contributed by atoms with Crippen molar-refractivity contribution < 1.29 is 9.18 Å². The number of nitrogens with one attached hydrogen (secondary N) is 3. The minimum absolute atomic E-state index is 0.0730. The molecule has 0 spiro atoms. The molecule has 0 radical (unpaired) electrons. The fourth-order valence-electron chi connectivity index (χ4n) is 3.24. The van der Waals surface area contributed by atoms with Gasteiger partial charge in [0.25, 0.3) is 0 Å². The predicted molar refractivity (Wildman–Crippen MR) is 97.1 cm³/mol. The van der Waals surface area contributed by atoms with Crippen molar-refractivity contribution in [2.24, 2.45) is 10.9 Å². The van der Waals surface area contributed by atoms with Crippen molar-refractivity contribution in [2.45, 2.75) is 31.8 Å². The Labute approximate surface area is 147 Å². The van der Waals surface area contributed by atoms with Gasteiger partial charge in [-0.3, -0.25) is 14.7 Å². The number of aliphatic imine (C=N–C) groups is 1. The van der Waals surface area contributed by atoms with E-state index >= 15 is 0 Å². The minimum Gasteiger partial charge on any atom is -0.352 e. The number of hydrogen-bond acceptors (Lipinski definition) is 3. The van der Waals surface area contributed by atoms with Gasteiger partial charge in [-0.15, -0.1) is 0 Å². The van der Waals surface area contributed by atoms with E-state index < -0.39 is 0 Å². The quantitative estimate of drug-likeness (QED) is 0.556. The minimum atomic E-state index is -0.376. The van der Waals surface area contributed by atoms with E-state index in [1.54, 1.807) is 19.2 Å². The predicted octanol–water partition coefficient (Wildman–Crippen LogP) is 1.41. The molecule has 25 heavy (non-hydrogen) atoms. The van der Waals surface area contributed by atoms with E-state index in [1.165, 1.54) is 25.0 Å². The van der Waals surface area contributed by atoms with Gasteiger partial charge in [0.1, 0.15) is 5.82 Å². The zero-order valence-electron chi connectivity index (χ0n) is 14.8. The van der Waals surface area contributed by atoms with Crippen LogP contribution in [-0.2, 0) is 4.79 Å². The standard InChI is InChI=1S/C18H26FN5O/c1-12-10-24(15-6-7-15)11-16(12)23-18(20-2)21-9-17(25)22-14-5-3-4-13(19)8-14/h3-5,8,12,15-16H,6-7,9-11H2,1-2H3,(H,22,25)(H2,20,21,23). The zero-order valence-corrected chi connectivity index (χ0v) is 14.8. The van der Waals surface area contributed by atoms with E-state index in [9.17, 15) is 9.18 Å². The molecule has 2 aliphatic rings. The highest BCUT2D eigenvalue weighted by Gasteiger charge is 2.38. The summed E-state index contributed by atoms with van der Waals surface area (Å²) in [6.45, 7) is 4.44. The number of carbonyl (C=O) groups is 1. The van der Waals surface area contributed by atoms with Gasteiger partial charge in [-0.2, -0.15) is 0 Å². The van der Waals surface area contributed by atoms with Crippen LogP contribution >= 0.6 is 0 Å². The maximum Gasteiger partial charge on any atom is 0.243 e. The summed E-state index contributed by atoms with van der Waals surface area (Å²) in [5.74, 6) is 0.537. The summed E-state index contributed by atoms with van der Waals surface area (Å²) in [5.41, 5.74) is 0.444. The molecule has 1 saturated carbocycles. The lowest BCUT2D eigenvalue weighted by molar-refractivity contribution is -0.115. The Morgan fingerprint density at radius 2 is 2.16 bits per heavy atom. The van der Waals surface area contributed by atoms with E-state index in [-0.39, 0.29) is 18.3 Å². The molecular weight excluding hydrogens is 321 g/mol. The summed E-state index contributed by atoms with van der Waals surface area (Å²) >= 11 is 0. The monoisotopic (exact) mass is 347 g/mol. The highest BCUT2D eigenvalue weighted by atomic mass is 19.1. The molecule has 3 N–H and O–H groups in total. The average Bonchev–Trinajstić information content (AvgIpc) is 3.36. The van der Waals surface area contributed by atoms with Crippen molar-refractivity contribution in [3.8, 4) is 0 Å². The number of anilines is 1. The Morgan fingerprint density at radius 3 is 2.84 bits per heavy atom. The van der Waals surface area contributed by atoms with Crippen molar-refractivity contribution in [2.75, 3.05) is 32.0 Å². The number of amides is 1. The molecular formula is C18H26FN5O. The highest BCUT2D eigenvalue weighted by molar-refractivity contribution is 5.95. The van der Waals surface area contributed by atoms with Crippen LogP contribution in [0.4, 0.5) is 10.1 Å². The molecule has 1 aromatic rings. The molecule has 6 nitrogen and oxygen atoms in total. The summed E-state index contributed by atoms with van der Waals surface area (Å²) in [6.07, 6.45) is 2.62. The summed E-state index contributed by atoms with van der Waals surface area (Å²) in [7, 11) is 1.69. The van der Waals surface area contributed by atoms with Crippen LogP contribution in [0.1, 0.15) is 19.8 Å². The number of guanidine groups is 1. The maximum atomic E-state index is 13.1. The van der Waals surface area contributed by atoms with Crippen molar-refractivity contribution >= 4 is 17.6 Å². The number of likely N-dealkylation sites (tertiary alicyclic amines) is 1. The van der Waals surface area contributed by atoms with Gasteiger partial charge < -0.3 is 16.0 Å². The van der Waals surface area contributed by atoms with E-state index in [2.05, 4.69) is 32.8 Å². The summed E-state index contributed by atoms with van der Waals surface area (Å²) < 4.78 is 13.1. The summed E-state index contributed by atoms with van der Waals surface area (Å²) in [6, 6.07) is 6.94. The lowest BCUT2D eigenvalue weighted by atomic mass is 10.1. The number of hydrogen-bond donors (Lipinski definition) is 3. The van der Waals surface area contributed by atoms with Crippen LogP contribution in [0.2, 0.25) is 0 Å². The third kappa shape index (κ3) is 4.92. The van der Waals surface area contributed by atoms with Crippen LogP contribution < -0.4 is 16.0 Å². The first kappa shape index (κ1) is 17.7. The number of carbonyl (C=O) groups excluding carboxylic acids is 1. The Kier molecular flexibility index (Phi) is 5.53. The van der Waals surface area contributed by atoms with Gasteiger partial charge in [0.05, 0.1) is 6.54 Å². The molecule has 0 bridgehead atoms. The lowest BCUT2D eigenvalue weighted by Gasteiger charge is -2.20. The van der Waals surface area contributed by atoms with Crippen molar-refractivity contribution in [1.29, 1.82) is 0 Å². The average molecular weight is 347 g/mol. The smallest absolute Gasteiger partial charge is 0.243 e. The number of nitrogens with zero attached hydrogens (tertiary/aromatic N) is 2. The lowest BCUT2D eigenvalue weighted by Crippen LogP contribution is -2.48. The second kappa shape index (κ2) is 7.82. The van der Waals surface area contributed by atoms with Gasteiger partial charge in [-0.25, -0.2) is 4.39 Å². The van der Waals surface area contributed by atoms with E-state index in [1.807, 2.05) is 0 Å². The molecule has 3 rings (SSSR count). The third-order valence-corrected chi connectivity index (χ3v) is 4.77. The topological polar surface area (TPSA) is 68.8 Å². The normalized spacial score (nSPS) is 24.2. The second-order valence-electron chi connectivity index (χ2n) is 6.90. The van der Waals surface area contributed by atoms with Gasteiger partial charge in [0.2, 0.25) is 5.91 Å². The molecule has 1 heterocycles. The van der Waals surface area contributed by atoms with E-state index in [0.29, 0.717) is 23.6 Å². The van der Waals surface area contributed by atoms with Crippen LogP contribution in [-0.4, -0.2) is 55.5 Å². The Balaban J connectivity index is 1.45. The molecule has 2 fully saturated rings. The number of halogens is 1. The van der Waals surface area contributed by atoms with Crippen LogP contribution in [0.25, 0.3) is 0 Å². The molecule has 1 aliphatic carbocycles. The second-order valence-corrected chi connectivity index (χ2v) is 6.90. The molecule has 136 valence electrons. The summed E-state index contributed by atoms with van der Waals surface area (Å²) in [5, 5.41) is 9.10. The molecule has 1 aliphatic heterocycles. The van der Waals surface area contributed by atoms with Crippen LogP contribution in [0.5, 0.6) is 0 Å². The number of benzene rings is 1. The Morgan fingerprint density at radius 1 is 1.36 bits per heavy atom. The largest absolute Gasteiger partial charge is 0.352 e. The van der Waals surface area contributed by atoms with Crippen LogP contribution in [0.3, 0.4) is 0 Å². The van der Waals surface area contributed by atoms with E-state index in [4.69, 9.17) is 0 Å². The van der Waals surface area contributed by atoms with Gasteiger partial charge in [0, 0.05) is 37.9 Å². The maximum absolute atomic E-state index is 13.1. The first-order valence-corrected chi connectivity index (χ1v) is 8.82. The molecule has 2 atom stereocenters. The van der Waals surface area contributed by atoms with Crippen molar-refractivity contribution in [3.63, 3.8) is 0 Å². The fourth-order valence-corrected chi connectivity index (χ4v) is 3.24. The highest BCUT2D eigenvalue weighted by Crippen LogP contribution is 2.31. The van der Waals surface area contributed by atoms with Crippen molar-refractivity contribution in [3.05, 3.63) is 30.1 Å². The first-order valence-electron chi connectivity index (χ1n) is 8.82. The van der Waals surface area contributed by atoms with Gasteiger partial charge in [-0.1, -0.05) is 13.0 Å². The SMILES string of the molecule is CN=C(NCC(=O)Nc1cccc(F)c1)NC1CN(C2CC2)CC1C. The fraction of sp³-hybridized carbons (Fsp3) is 0.556. The zero-order chi connectivity index (χ0) is 17.8. The molecule has 0 aromatic heterocycles. The Hall–Kier alpha value is -2.15. The molecule has 1 saturated heterocycles. The van der Waals surface area contributed by atoms with Gasteiger partial charge >= 0.3 is 0 Å². The molecule has 2 unspecified atom stereocenters. The van der Waals surface area contributed by atoms with Crippen LogP contribution in [0.15, 0.2) is 29.3 Å². The number of rotatable bonds is 5. The third-order valence-electron chi connectivity index (χ3n) is 4.77. The Bertz CT molecular complexity index is 646. The van der Waals surface area contributed by atoms with Crippen LogP contribution in [0, 0.1) is 11.7 Å². The van der Waals surface area contributed by atoms with E-state index in [0.717, 1.165) is 19.1 Å². The van der Waals surface area contributed by atoms with Gasteiger partial charge in [0.15, 0.2) is 5.96 Å². The van der Waals surface area contributed by atoms with Gasteiger partial charge in [-0.05, 0) is 37.0 Å². The molecule has 1 amide bonds. The van der Waals surface area contributed by atoms with Crippen molar-refractivity contribution in [1.82, 2.24) is 15.5 Å². The first-order chi connectivity index (χ1) is 12.0. The molecule has 7 heteroatoms. The molecule has 1 aromatic carbocycles.